The van der Waals surface area contributed by atoms with Crippen molar-refractivity contribution in [2.45, 2.75) is 36.9 Å². The van der Waals surface area contributed by atoms with Crippen LogP contribution in [0.5, 0.6) is 0 Å². The van der Waals surface area contributed by atoms with E-state index in [0.717, 1.165) is 11.8 Å². The van der Waals surface area contributed by atoms with Gasteiger partial charge in [0.1, 0.15) is 5.82 Å². The van der Waals surface area contributed by atoms with Gasteiger partial charge in [-0.3, -0.25) is 19.5 Å². The molecular weight excluding hydrogens is 562 g/mol. The molecule has 1 unspecified atom stereocenters. The highest BCUT2D eigenvalue weighted by Crippen LogP contribution is 2.50. The van der Waals surface area contributed by atoms with Crippen LogP contribution in [0.3, 0.4) is 0 Å². The maximum absolute atomic E-state index is 13.6. The Balaban J connectivity index is 1.42. The topological polar surface area (TPSA) is 175 Å². The number of nitrogens with zero attached hydrogens (tertiary/aromatic N) is 5. The van der Waals surface area contributed by atoms with Crippen LogP contribution < -0.4 is 16.0 Å². The molecular formula is C28H25N7O4S2. The molecule has 1 aliphatic carbocycles. The van der Waals surface area contributed by atoms with E-state index < -0.39 is 11.9 Å². The third-order valence-corrected chi connectivity index (χ3v) is 8.75. The highest BCUT2D eigenvalue weighted by atomic mass is 32.2. The molecule has 0 saturated heterocycles. The van der Waals surface area contributed by atoms with Gasteiger partial charge in [-0.05, 0) is 41.7 Å². The third kappa shape index (κ3) is 5.70. The van der Waals surface area contributed by atoms with Crippen molar-refractivity contribution in [2.75, 3.05) is 16.0 Å². The number of hydrogen-bond acceptors (Lipinski definition) is 11. The monoisotopic (exact) mass is 587 g/mol. The first kappa shape index (κ1) is 28.0. The zero-order chi connectivity index (χ0) is 29.3. The molecule has 0 radical (unpaired) electrons. The molecule has 0 spiro atoms. The summed E-state index contributed by atoms with van der Waals surface area (Å²) in [5.41, 5.74) is 8.86. The summed E-state index contributed by atoms with van der Waals surface area (Å²) < 4.78 is 0.485. The lowest BCUT2D eigenvalue weighted by molar-refractivity contribution is -0.118. The molecule has 0 saturated carbocycles. The number of carbonyl (C=O) groups is 3. The molecule has 41 heavy (non-hydrogen) atoms. The van der Waals surface area contributed by atoms with Gasteiger partial charge in [-0.1, -0.05) is 49.1 Å². The van der Waals surface area contributed by atoms with E-state index in [4.69, 9.17) is 10.8 Å². The number of aromatic nitrogens is 3. The van der Waals surface area contributed by atoms with Crippen molar-refractivity contribution >= 4 is 51.6 Å². The number of nitrogens with two attached hydrogens (primary N) is 1. The fourth-order valence-electron chi connectivity index (χ4n) is 5.01. The Bertz CT molecular complexity index is 1660. The fourth-order valence-corrected chi connectivity index (χ4v) is 6.69. The summed E-state index contributed by atoms with van der Waals surface area (Å²) in [5.74, 6) is -1.94. The van der Waals surface area contributed by atoms with Crippen LogP contribution in [0.4, 0.5) is 10.8 Å². The molecule has 1 aliphatic heterocycles. The number of amides is 1. The first-order chi connectivity index (χ1) is 19.6. The van der Waals surface area contributed by atoms with Crippen LogP contribution in [0.1, 0.15) is 48.5 Å². The number of ketones is 1. The summed E-state index contributed by atoms with van der Waals surface area (Å²) in [6.45, 7) is 4.02. The quantitative estimate of drug-likeness (QED) is 0.336. The van der Waals surface area contributed by atoms with Gasteiger partial charge < -0.3 is 16.2 Å². The van der Waals surface area contributed by atoms with Crippen molar-refractivity contribution in [1.29, 1.82) is 5.26 Å². The molecule has 2 aromatic heterocycles. The lowest BCUT2D eigenvalue weighted by Crippen LogP contribution is -2.42. The molecule has 4 N–H and O–H groups in total. The van der Waals surface area contributed by atoms with Crippen LogP contribution in [0.15, 0.2) is 75.8 Å². The first-order valence-corrected chi connectivity index (χ1v) is 14.3. The SMILES string of the molecule is CC1(C)CC(=O)C2=C(C1)N(c1nnc(SCC(=O)Nc3cccc(C(=O)O)c3)s1)C(N)=C(C#N)C2c1cccnc1. The normalized spacial score (nSPS) is 18.1. The largest absolute Gasteiger partial charge is 0.478 e. The number of allylic oxidation sites excluding steroid dienone is 3. The van der Waals surface area contributed by atoms with Crippen molar-refractivity contribution in [3.8, 4) is 6.07 Å². The Morgan fingerprint density at radius 1 is 1.27 bits per heavy atom. The second kappa shape index (κ2) is 11.1. The highest BCUT2D eigenvalue weighted by Gasteiger charge is 2.45. The minimum atomic E-state index is -1.09. The van der Waals surface area contributed by atoms with Crippen molar-refractivity contribution in [1.82, 2.24) is 15.2 Å². The van der Waals surface area contributed by atoms with E-state index in [0.29, 0.717) is 44.8 Å². The Labute approximate surface area is 243 Å². The predicted molar refractivity (Wildman–Crippen MR) is 154 cm³/mol. The van der Waals surface area contributed by atoms with E-state index in [9.17, 15) is 19.6 Å². The number of carbonyl (C=O) groups excluding carboxylic acids is 2. The molecule has 3 heterocycles. The van der Waals surface area contributed by atoms with Crippen molar-refractivity contribution in [3.63, 3.8) is 0 Å². The number of hydrogen-bond donors (Lipinski definition) is 3. The first-order valence-electron chi connectivity index (χ1n) is 12.5. The van der Waals surface area contributed by atoms with E-state index in [-0.39, 0.29) is 39.8 Å². The number of Topliss-reactive ketones (excluding diaryl/α,β-unsaturated/α-hetero) is 1. The van der Waals surface area contributed by atoms with Gasteiger partial charge in [0, 0.05) is 35.8 Å². The lowest BCUT2D eigenvalue weighted by atomic mass is 9.69. The predicted octanol–water partition coefficient (Wildman–Crippen LogP) is 4.30. The van der Waals surface area contributed by atoms with E-state index in [1.807, 2.05) is 19.9 Å². The number of thioether (sulfide) groups is 1. The zero-order valence-electron chi connectivity index (χ0n) is 22.1. The van der Waals surface area contributed by atoms with Gasteiger partial charge in [0.2, 0.25) is 11.0 Å². The minimum Gasteiger partial charge on any atom is -0.478 e. The van der Waals surface area contributed by atoms with Crippen LogP contribution in [-0.2, 0) is 9.59 Å². The van der Waals surface area contributed by atoms with Crippen LogP contribution >= 0.6 is 23.1 Å². The third-order valence-electron chi connectivity index (χ3n) is 6.71. The van der Waals surface area contributed by atoms with Crippen LogP contribution in [0, 0.1) is 16.7 Å². The number of aromatic carboxylic acids is 1. The van der Waals surface area contributed by atoms with Crippen LogP contribution in [0.2, 0.25) is 0 Å². The van der Waals surface area contributed by atoms with E-state index in [2.05, 4.69) is 26.6 Å². The molecule has 3 aromatic rings. The number of benzene rings is 1. The van der Waals surface area contributed by atoms with E-state index in [1.54, 1.807) is 35.5 Å². The number of nitriles is 1. The zero-order valence-corrected chi connectivity index (χ0v) is 23.8. The summed E-state index contributed by atoms with van der Waals surface area (Å²) >= 11 is 2.35. The number of pyridine rings is 1. The minimum absolute atomic E-state index is 0.00322. The number of nitrogens with one attached hydrogen (secondary N) is 1. The number of rotatable bonds is 7. The van der Waals surface area contributed by atoms with Crippen LogP contribution in [0.25, 0.3) is 0 Å². The summed E-state index contributed by atoms with van der Waals surface area (Å²) in [5, 5.41) is 30.9. The molecule has 1 aromatic carbocycles. The van der Waals surface area contributed by atoms with Crippen molar-refractivity contribution in [3.05, 3.63) is 82.6 Å². The molecule has 2 aliphatic rings. The molecule has 208 valence electrons. The summed E-state index contributed by atoms with van der Waals surface area (Å²) in [6.07, 6.45) is 4.14. The van der Waals surface area contributed by atoms with Gasteiger partial charge in [-0.25, -0.2) is 4.79 Å². The molecule has 5 rings (SSSR count). The maximum atomic E-state index is 13.6. The maximum Gasteiger partial charge on any atom is 0.335 e. The summed E-state index contributed by atoms with van der Waals surface area (Å²) in [4.78, 5) is 43.1. The fraction of sp³-hybridized carbons (Fsp3) is 0.250. The number of carboxylic acid groups (broad SMARTS) is 1. The Morgan fingerprint density at radius 3 is 2.78 bits per heavy atom. The van der Waals surface area contributed by atoms with Gasteiger partial charge in [0.05, 0.1) is 28.9 Å². The Morgan fingerprint density at radius 2 is 2.07 bits per heavy atom. The molecule has 0 bridgehead atoms. The van der Waals surface area contributed by atoms with Gasteiger partial charge in [-0.2, -0.15) is 5.26 Å². The Hall–Kier alpha value is -4.54. The second-order valence-corrected chi connectivity index (χ2v) is 12.5. The van der Waals surface area contributed by atoms with Gasteiger partial charge in [0.25, 0.3) is 0 Å². The average Bonchev–Trinajstić information content (AvgIpc) is 3.39. The number of anilines is 2. The molecule has 13 heteroatoms. The summed E-state index contributed by atoms with van der Waals surface area (Å²) in [7, 11) is 0. The second-order valence-electron chi connectivity index (χ2n) is 10.3. The average molecular weight is 588 g/mol. The smallest absolute Gasteiger partial charge is 0.335 e. The standard InChI is InChI=1S/C28H25N7O4S2/c1-28(2)10-19-23(20(36)11-28)22(16-6-4-8-31-13-16)18(12-29)24(30)35(19)26-33-34-27(41-26)40-14-21(37)32-17-7-3-5-15(9-17)25(38)39/h3-9,13,22H,10-11,14,30H2,1-2H3,(H,32,37)(H,38,39). The molecule has 1 amide bonds. The summed E-state index contributed by atoms with van der Waals surface area (Å²) in [6, 6.07) is 11.8. The van der Waals surface area contributed by atoms with E-state index >= 15 is 0 Å². The highest BCUT2D eigenvalue weighted by molar-refractivity contribution is 8.01. The van der Waals surface area contributed by atoms with Gasteiger partial charge in [-0.15, -0.1) is 10.2 Å². The number of carboxylic acids is 1. The molecule has 11 nitrogen and oxygen atoms in total. The van der Waals surface area contributed by atoms with Gasteiger partial charge >= 0.3 is 5.97 Å². The van der Waals surface area contributed by atoms with Crippen LogP contribution in [-0.4, -0.2) is 43.7 Å². The molecule has 1 atom stereocenters. The van der Waals surface area contributed by atoms with Crippen molar-refractivity contribution < 1.29 is 19.5 Å². The van der Waals surface area contributed by atoms with E-state index in [1.165, 1.54) is 23.5 Å². The Kier molecular flexibility index (Phi) is 7.61. The molecule has 0 fully saturated rings. The van der Waals surface area contributed by atoms with Gasteiger partial charge in [0.15, 0.2) is 10.1 Å². The van der Waals surface area contributed by atoms with Crippen molar-refractivity contribution in [2.24, 2.45) is 11.1 Å². The lowest BCUT2D eigenvalue weighted by Gasteiger charge is -2.42.